The van der Waals surface area contributed by atoms with Gasteiger partial charge in [0.2, 0.25) is 0 Å². The number of hydrogen-bond acceptors (Lipinski definition) is 4. The monoisotopic (exact) mass is 376 g/mol. The molecule has 5 nitrogen and oxygen atoms in total. The second kappa shape index (κ2) is 9.67. The van der Waals surface area contributed by atoms with Crippen LogP contribution in [0.1, 0.15) is 55.5 Å². The molecule has 0 radical (unpaired) electrons. The topological polar surface area (TPSA) is 64.0 Å². The lowest BCUT2D eigenvalue weighted by Crippen LogP contribution is -2.50. The van der Waals surface area contributed by atoms with Crippen molar-refractivity contribution in [3.05, 3.63) is 35.4 Å². The molecule has 1 heterocycles. The van der Waals surface area contributed by atoms with E-state index in [-0.39, 0.29) is 12.5 Å². The van der Waals surface area contributed by atoms with E-state index in [9.17, 15) is 15.0 Å². The average Bonchev–Trinajstić information content (AvgIpc) is 2.63. The Morgan fingerprint density at radius 2 is 2.07 bits per heavy atom. The predicted octanol–water partition coefficient (Wildman–Crippen LogP) is 2.55. The van der Waals surface area contributed by atoms with Crippen LogP contribution in [0.25, 0.3) is 0 Å². The molecule has 1 aromatic carbocycles. The molecule has 1 aliphatic heterocycles. The third kappa shape index (κ3) is 6.59. The molecule has 0 saturated carbocycles. The van der Waals surface area contributed by atoms with Crippen LogP contribution in [0.5, 0.6) is 0 Å². The molecule has 2 atom stereocenters. The first-order valence-corrected chi connectivity index (χ1v) is 10.1. The minimum Gasteiger partial charge on any atom is -0.396 e. The molecule has 0 spiro atoms. The number of aliphatic hydroxyl groups is 2. The summed E-state index contributed by atoms with van der Waals surface area (Å²) in [7, 11) is 4.19. The number of piperidine rings is 1. The summed E-state index contributed by atoms with van der Waals surface area (Å²) in [6.07, 6.45) is 4.11. The normalized spacial score (nSPS) is 20.9. The fourth-order valence-electron chi connectivity index (χ4n) is 4.01. The Labute approximate surface area is 164 Å². The molecular formula is C22H36N2O3. The van der Waals surface area contributed by atoms with Gasteiger partial charge >= 0.3 is 0 Å². The molecular weight excluding hydrogens is 340 g/mol. The van der Waals surface area contributed by atoms with Crippen LogP contribution in [-0.4, -0.2) is 71.4 Å². The lowest BCUT2D eigenvalue weighted by molar-refractivity contribution is 0.0495. The molecule has 0 aromatic heterocycles. The van der Waals surface area contributed by atoms with Crippen molar-refractivity contribution in [3.63, 3.8) is 0 Å². The summed E-state index contributed by atoms with van der Waals surface area (Å²) in [6.45, 7) is 5.33. The van der Waals surface area contributed by atoms with Crippen molar-refractivity contribution < 1.29 is 15.0 Å². The van der Waals surface area contributed by atoms with E-state index in [1.165, 1.54) is 0 Å². The van der Waals surface area contributed by atoms with Crippen LogP contribution in [0.4, 0.5) is 0 Å². The van der Waals surface area contributed by atoms with Crippen LogP contribution in [0.15, 0.2) is 24.3 Å². The Morgan fingerprint density at radius 3 is 2.70 bits per heavy atom. The first-order chi connectivity index (χ1) is 12.7. The van der Waals surface area contributed by atoms with Crippen molar-refractivity contribution >= 4 is 5.91 Å². The minimum atomic E-state index is -0.700. The van der Waals surface area contributed by atoms with Crippen LogP contribution < -0.4 is 0 Å². The van der Waals surface area contributed by atoms with E-state index in [4.69, 9.17) is 0 Å². The lowest BCUT2D eigenvalue weighted by Gasteiger charge is -2.41. The highest BCUT2D eigenvalue weighted by Gasteiger charge is 2.32. The minimum absolute atomic E-state index is 0.0892. The summed E-state index contributed by atoms with van der Waals surface area (Å²) >= 11 is 0. The number of nitrogens with zero attached hydrogens (tertiary/aromatic N) is 2. The molecule has 2 rings (SSSR count). The maximum absolute atomic E-state index is 13.1. The van der Waals surface area contributed by atoms with Gasteiger partial charge in [0.15, 0.2) is 0 Å². The third-order valence-corrected chi connectivity index (χ3v) is 5.58. The number of aliphatic hydroxyl groups excluding tert-OH is 1. The van der Waals surface area contributed by atoms with Crippen molar-refractivity contribution in [2.45, 2.75) is 57.6 Å². The van der Waals surface area contributed by atoms with Gasteiger partial charge < -0.3 is 20.0 Å². The summed E-state index contributed by atoms with van der Waals surface area (Å²) < 4.78 is 0. The molecule has 1 aliphatic rings. The van der Waals surface area contributed by atoms with Crippen molar-refractivity contribution in [2.75, 3.05) is 33.8 Å². The summed E-state index contributed by atoms with van der Waals surface area (Å²) in [5.74, 6) is 0.481. The molecule has 2 N–H and O–H groups in total. The van der Waals surface area contributed by atoms with E-state index in [0.29, 0.717) is 18.4 Å². The van der Waals surface area contributed by atoms with Gasteiger partial charge in [-0.25, -0.2) is 0 Å². The second-order valence-corrected chi connectivity index (χ2v) is 8.71. The highest BCUT2D eigenvalue weighted by molar-refractivity contribution is 5.94. The average molecular weight is 377 g/mol. The number of carbonyl (C=O) groups excluding carboxylic acids is 1. The zero-order valence-electron chi connectivity index (χ0n) is 17.3. The second-order valence-electron chi connectivity index (χ2n) is 8.71. The number of amides is 1. The Kier molecular flexibility index (Phi) is 7.83. The first-order valence-electron chi connectivity index (χ1n) is 10.1. The van der Waals surface area contributed by atoms with Crippen LogP contribution in [0, 0.1) is 5.92 Å². The van der Waals surface area contributed by atoms with Gasteiger partial charge in [0.25, 0.3) is 5.91 Å². The summed E-state index contributed by atoms with van der Waals surface area (Å²) in [4.78, 5) is 17.3. The fourth-order valence-corrected chi connectivity index (χ4v) is 4.01. The highest BCUT2D eigenvalue weighted by Crippen LogP contribution is 2.26. The molecule has 1 fully saturated rings. The van der Waals surface area contributed by atoms with Gasteiger partial charge in [-0.2, -0.15) is 0 Å². The molecule has 27 heavy (non-hydrogen) atoms. The van der Waals surface area contributed by atoms with Gasteiger partial charge in [0.1, 0.15) is 0 Å². The molecule has 152 valence electrons. The van der Waals surface area contributed by atoms with Crippen LogP contribution >= 0.6 is 0 Å². The zero-order chi connectivity index (χ0) is 20.0. The van der Waals surface area contributed by atoms with E-state index in [1.54, 1.807) is 0 Å². The maximum Gasteiger partial charge on any atom is 0.253 e. The van der Waals surface area contributed by atoms with Gasteiger partial charge in [0.05, 0.1) is 5.60 Å². The Morgan fingerprint density at radius 1 is 1.33 bits per heavy atom. The quantitative estimate of drug-likeness (QED) is 0.732. The Balaban J connectivity index is 2.06. The number of carbonyl (C=O) groups is 1. The maximum atomic E-state index is 13.1. The number of rotatable bonds is 8. The number of likely N-dealkylation sites (tertiary alicyclic amines) is 1. The smallest absolute Gasteiger partial charge is 0.253 e. The van der Waals surface area contributed by atoms with E-state index in [2.05, 4.69) is 19.0 Å². The van der Waals surface area contributed by atoms with Gasteiger partial charge in [0, 0.05) is 31.3 Å². The van der Waals surface area contributed by atoms with Gasteiger partial charge in [-0.05, 0) is 83.7 Å². The van der Waals surface area contributed by atoms with Crippen LogP contribution in [0.2, 0.25) is 0 Å². The van der Waals surface area contributed by atoms with E-state index in [1.807, 2.05) is 43.0 Å². The molecule has 0 bridgehead atoms. The van der Waals surface area contributed by atoms with E-state index < -0.39 is 5.60 Å². The lowest BCUT2D eigenvalue weighted by atomic mass is 9.87. The van der Waals surface area contributed by atoms with Crippen LogP contribution in [0.3, 0.4) is 0 Å². The number of hydrogen-bond donors (Lipinski definition) is 2. The van der Waals surface area contributed by atoms with Gasteiger partial charge in [-0.3, -0.25) is 4.79 Å². The number of benzene rings is 1. The van der Waals surface area contributed by atoms with Gasteiger partial charge in [-0.15, -0.1) is 0 Å². The zero-order valence-corrected chi connectivity index (χ0v) is 17.3. The van der Waals surface area contributed by atoms with E-state index in [0.717, 1.165) is 49.9 Å². The van der Waals surface area contributed by atoms with Crippen molar-refractivity contribution in [2.24, 2.45) is 5.92 Å². The number of aryl methyl sites for hydroxylation is 1. The molecule has 1 aromatic rings. The highest BCUT2D eigenvalue weighted by atomic mass is 16.3. The summed E-state index contributed by atoms with van der Waals surface area (Å²) in [5.41, 5.74) is 1.11. The Bertz CT molecular complexity index is 610. The molecule has 5 heteroatoms. The Hall–Kier alpha value is -1.43. The SMILES string of the molecule is CN(C)[C@@H]1CCN(C(=O)c2cccc(CCC(C)(C)O)c2)C[C@@H]1CCCO. The van der Waals surface area contributed by atoms with Crippen LogP contribution in [-0.2, 0) is 6.42 Å². The molecule has 0 aliphatic carbocycles. The van der Waals surface area contributed by atoms with E-state index >= 15 is 0 Å². The van der Waals surface area contributed by atoms with Crippen molar-refractivity contribution in [3.8, 4) is 0 Å². The fraction of sp³-hybridized carbons (Fsp3) is 0.682. The van der Waals surface area contributed by atoms with Crippen molar-refractivity contribution in [1.29, 1.82) is 0 Å². The molecule has 0 unspecified atom stereocenters. The third-order valence-electron chi connectivity index (χ3n) is 5.58. The largest absolute Gasteiger partial charge is 0.396 e. The standard InChI is InChI=1S/C22H36N2O3/c1-22(2,27)12-10-17-7-5-8-18(15-17)21(26)24-13-11-20(23(3)4)19(16-24)9-6-14-25/h5,7-8,15,19-20,25,27H,6,9-14,16H2,1-4H3/t19-,20+/m0/s1. The summed E-state index contributed by atoms with van der Waals surface area (Å²) in [5, 5.41) is 19.1. The van der Waals surface area contributed by atoms with Gasteiger partial charge in [-0.1, -0.05) is 12.1 Å². The molecule has 1 saturated heterocycles. The first kappa shape index (κ1) is 21.9. The van der Waals surface area contributed by atoms with Crippen molar-refractivity contribution in [1.82, 2.24) is 9.80 Å². The molecule has 1 amide bonds. The predicted molar refractivity (Wildman–Crippen MR) is 109 cm³/mol. The summed E-state index contributed by atoms with van der Waals surface area (Å²) in [6, 6.07) is 8.26.